The van der Waals surface area contributed by atoms with Gasteiger partial charge >= 0.3 is 11.9 Å². The first-order chi connectivity index (χ1) is 17.9. The molecule has 1 aliphatic heterocycles. The van der Waals surface area contributed by atoms with Gasteiger partial charge in [-0.1, -0.05) is 30.3 Å². The Bertz CT molecular complexity index is 1570. The summed E-state index contributed by atoms with van der Waals surface area (Å²) in [5.41, 5.74) is 1.61. The molecule has 1 atom stereocenters. The van der Waals surface area contributed by atoms with Gasteiger partial charge in [-0.15, -0.1) is 0 Å². The number of para-hydroxylation sites is 1. The molecule has 0 fully saturated rings. The average molecular weight is 502 g/mol. The Hall–Kier alpha value is -4.79. The zero-order valence-corrected chi connectivity index (χ0v) is 20.0. The molecule has 1 N–H and O–H groups in total. The van der Waals surface area contributed by atoms with Crippen LogP contribution in [0.3, 0.4) is 0 Å². The second-order valence-electron chi connectivity index (χ2n) is 8.36. The molecule has 188 valence electrons. The number of aromatic hydroxyl groups is 1. The third-order valence-electron chi connectivity index (χ3n) is 6.23. The number of carbonyl (C=O) groups is 2. The second kappa shape index (κ2) is 9.69. The predicted octanol–water partition coefficient (Wildman–Crippen LogP) is 4.17. The Morgan fingerprint density at radius 3 is 2.54 bits per heavy atom. The number of fused-ring (bicyclic) bond motifs is 3. The third kappa shape index (κ3) is 4.35. The lowest BCUT2D eigenvalue weighted by Gasteiger charge is -2.26. The second-order valence-corrected chi connectivity index (χ2v) is 8.36. The van der Waals surface area contributed by atoms with Crippen LogP contribution in [0.5, 0.6) is 23.0 Å². The molecule has 0 bridgehead atoms. The summed E-state index contributed by atoms with van der Waals surface area (Å²) in [6, 6.07) is 15.1. The van der Waals surface area contributed by atoms with Gasteiger partial charge in [-0.25, -0.2) is 4.79 Å². The van der Waals surface area contributed by atoms with Crippen LogP contribution in [0, 0.1) is 0 Å². The van der Waals surface area contributed by atoms with Crippen LogP contribution in [0.4, 0.5) is 0 Å². The van der Waals surface area contributed by atoms with Crippen molar-refractivity contribution in [3.8, 4) is 34.1 Å². The van der Waals surface area contributed by atoms with Gasteiger partial charge in [-0.05, 0) is 23.8 Å². The molecule has 0 saturated heterocycles. The lowest BCUT2D eigenvalue weighted by molar-refractivity contribution is -0.143. The molecule has 0 spiro atoms. The lowest BCUT2D eigenvalue weighted by Crippen LogP contribution is -2.22. The number of esters is 2. The Morgan fingerprint density at radius 2 is 1.81 bits per heavy atom. The number of ether oxygens (including phenoxy) is 4. The van der Waals surface area contributed by atoms with Crippen LogP contribution in [0.25, 0.3) is 22.1 Å². The Balaban J connectivity index is 1.62. The first-order valence-electron chi connectivity index (χ1n) is 11.4. The monoisotopic (exact) mass is 502 g/mol. The van der Waals surface area contributed by atoms with Crippen molar-refractivity contribution in [3.63, 3.8) is 0 Å². The number of methoxy groups -OCH3 is 2. The quantitative estimate of drug-likeness (QED) is 0.306. The topological polar surface area (TPSA) is 122 Å². The molecule has 1 aromatic heterocycles. The average Bonchev–Trinajstić information content (AvgIpc) is 2.91. The van der Waals surface area contributed by atoms with E-state index in [1.54, 1.807) is 48.5 Å². The normalized spacial score (nSPS) is 14.5. The number of rotatable bonds is 6. The van der Waals surface area contributed by atoms with Crippen molar-refractivity contribution in [2.24, 2.45) is 0 Å². The van der Waals surface area contributed by atoms with Crippen molar-refractivity contribution in [1.82, 2.24) is 0 Å². The van der Waals surface area contributed by atoms with E-state index in [4.69, 9.17) is 18.6 Å². The van der Waals surface area contributed by atoms with Crippen molar-refractivity contribution in [2.45, 2.75) is 12.3 Å². The predicted molar refractivity (Wildman–Crippen MR) is 132 cm³/mol. The lowest BCUT2D eigenvalue weighted by atomic mass is 9.85. The van der Waals surface area contributed by atoms with Crippen LogP contribution in [0.1, 0.15) is 23.5 Å². The third-order valence-corrected chi connectivity index (χ3v) is 6.23. The standard InChI is InChI=1S/C28H22O9/c1-33-21-6-4-3-5-17(21)19-13-36-28-25-18(15-7-9-16(10-8-15)35-14-24(31)34-2)11-23(30)37-22(25)12-20(29)26(28)27(19)32/h3-10,12-13,18,29H,11,14H2,1-2H3. The molecule has 3 aromatic carbocycles. The summed E-state index contributed by atoms with van der Waals surface area (Å²) >= 11 is 0. The molecule has 0 aliphatic carbocycles. The van der Waals surface area contributed by atoms with E-state index in [0.29, 0.717) is 22.6 Å². The smallest absolute Gasteiger partial charge is 0.343 e. The van der Waals surface area contributed by atoms with Gasteiger partial charge in [-0.3, -0.25) is 9.59 Å². The van der Waals surface area contributed by atoms with Gasteiger partial charge in [-0.2, -0.15) is 0 Å². The number of benzene rings is 3. The summed E-state index contributed by atoms with van der Waals surface area (Å²) in [6.07, 6.45) is 1.31. The Kier molecular flexibility index (Phi) is 6.27. The summed E-state index contributed by atoms with van der Waals surface area (Å²) in [5, 5.41) is 10.7. The summed E-state index contributed by atoms with van der Waals surface area (Å²) in [7, 11) is 2.77. The van der Waals surface area contributed by atoms with Gasteiger partial charge in [0.15, 0.2) is 6.61 Å². The Morgan fingerprint density at radius 1 is 1.05 bits per heavy atom. The van der Waals surface area contributed by atoms with Gasteiger partial charge in [0.25, 0.3) is 0 Å². The maximum Gasteiger partial charge on any atom is 0.343 e. The molecular formula is C28H22O9. The molecule has 1 aliphatic rings. The minimum atomic E-state index is -0.519. The van der Waals surface area contributed by atoms with E-state index < -0.39 is 23.3 Å². The molecule has 0 saturated carbocycles. The number of phenolic OH excluding ortho intramolecular Hbond substituents is 1. The van der Waals surface area contributed by atoms with Gasteiger partial charge in [0, 0.05) is 23.1 Å². The largest absolute Gasteiger partial charge is 0.507 e. The minimum absolute atomic E-state index is 0.00674. The van der Waals surface area contributed by atoms with Crippen LogP contribution in [-0.2, 0) is 14.3 Å². The van der Waals surface area contributed by atoms with Crippen molar-refractivity contribution in [2.75, 3.05) is 20.8 Å². The van der Waals surface area contributed by atoms with Gasteiger partial charge in [0.1, 0.15) is 40.2 Å². The molecule has 0 amide bonds. The SMILES string of the molecule is COC(=O)COc1ccc(C2CC(=O)Oc3cc(O)c4c(=O)c(-c5ccccc5OC)coc4c32)cc1. The molecule has 9 nitrogen and oxygen atoms in total. The molecule has 0 radical (unpaired) electrons. The maximum atomic E-state index is 13.6. The number of phenols is 1. The van der Waals surface area contributed by atoms with Crippen LogP contribution >= 0.6 is 0 Å². The molecule has 9 heteroatoms. The highest BCUT2D eigenvalue weighted by molar-refractivity contribution is 5.94. The minimum Gasteiger partial charge on any atom is -0.507 e. The van der Waals surface area contributed by atoms with Crippen LogP contribution in [-0.4, -0.2) is 37.9 Å². The van der Waals surface area contributed by atoms with E-state index >= 15 is 0 Å². The molecule has 2 heterocycles. The zero-order valence-electron chi connectivity index (χ0n) is 20.0. The number of hydrogen-bond donors (Lipinski definition) is 1. The molecular weight excluding hydrogens is 480 g/mol. The summed E-state index contributed by atoms with van der Waals surface area (Å²) < 4.78 is 26.7. The summed E-state index contributed by atoms with van der Waals surface area (Å²) in [4.78, 5) is 37.3. The van der Waals surface area contributed by atoms with E-state index in [0.717, 1.165) is 5.56 Å². The fraction of sp³-hybridized carbons (Fsp3) is 0.179. The molecule has 37 heavy (non-hydrogen) atoms. The van der Waals surface area contributed by atoms with Gasteiger partial charge in [0.2, 0.25) is 5.43 Å². The van der Waals surface area contributed by atoms with Gasteiger partial charge in [0.05, 0.1) is 26.2 Å². The molecule has 4 aromatic rings. The highest BCUT2D eigenvalue weighted by Crippen LogP contribution is 2.46. The number of carbonyl (C=O) groups excluding carboxylic acids is 2. The molecule has 5 rings (SSSR count). The first kappa shape index (κ1) is 23.9. The van der Waals surface area contributed by atoms with Crippen LogP contribution in [0.2, 0.25) is 0 Å². The summed E-state index contributed by atoms with van der Waals surface area (Å²) in [5.74, 6) is -0.847. The van der Waals surface area contributed by atoms with E-state index in [2.05, 4.69) is 4.74 Å². The fourth-order valence-electron chi connectivity index (χ4n) is 4.47. The fourth-order valence-corrected chi connectivity index (χ4v) is 4.47. The first-order valence-corrected chi connectivity index (χ1v) is 11.4. The van der Waals surface area contributed by atoms with Crippen molar-refractivity contribution in [3.05, 3.63) is 82.2 Å². The van der Waals surface area contributed by atoms with E-state index in [1.165, 1.54) is 26.5 Å². The van der Waals surface area contributed by atoms with Crippen molar-refractivity contribution in [1.29, 1.82) is 0 Å². The van der Waals surface area contributed by atoms with E-state index in [9.17, 15) is 19.5 Å². The van der Waals surface area contributed by atoms with E-state index in [1.807, 2.05) is 0 Å². The van der Waals surface area contributed by atoms with Crippen molar-refractivity contribution >= 4 is 22.9 Å². The maximum absolute atomic E-state index is 13.6. The summed E-state index contributed by atoms with van der Waals surface area (Å²) in [6.45, 7) is -0.238. The van der Waals surface area contributed by atoms with Crippen molar-refractivity contribution < 1.29 is 38.1 Å². The van der Waals surface area contributed by atoms with Crippen LogP contribution < -0.4 is 19.6 Å². The highest BCUT2D eigenvalue weighted by atomic mass is 16.6. The zero-order chi connectivity index (χ0) is 26.1. The molecule has 1 unspecified atom stereocenters. The Labute approximate surface area is 210 Å². The van der Waals surface area contributed by atoms with Crippen LogP contribution in [0.15, 0.2) is 70.1 Å². The van der Waals surface area contributed by atoms with Gasteiger partial charge < -0.3 is 28.5 Å². The number of hydrogen-bond acceptors (Lipinski definition) is 9. The highest BCUT2D eigenvalue weighted by Gasteiger charge is 2.33. The van der Waals surface area contributed by atoms with E-state index in [-0.39, 0.29) is 41.1 Å².